The normalized spacial score (nSPS) is 12.3. The number of anilines is 2. The number of rotatable bonds is 3. The zero-order valence-corrected chi connectivity index (χ0v) is 15.2. The number of nitrogens with one attached hydrogen (secondary N) is 1. The van der Waals surface area contributed by atoms with Crippen molar-refractivity contribution in [2.75, 3.05) is 4.90 Å². The fraction of sp³-hybridized carbons (Fsp3) is 0.0500. The molecule has 0 atom stereocenters. The summed E-state index contributed by atoms with van der Waals surface area (Å²) in [4.78, 5) is 16.1. The van der Waals surface area contributed by atoms with Crippen molar-refractivity contribution < 1.29 is 10.0 Å². The van der Waals surface area contributed by atoms with Crippen LogP contribution in [0, 0.1) is 0 Å². The highest BCUT2D eigenvalue weighted by Gasteiger charge is 2.23. The van der Waals surface area contributed by atoms with Gasteiger partial charge in [0.15, 0.2) is 0 Å². The lowest BCUT2D eigenvalue weighted by Crippen LogP contribution is -2.21. The summed E-state index contributed by atoms with van der Waals surface area (Å²) in [5.41, 5.74) is 5.30. The van der Waals surface area contributed by atoms with Crippen LogP contribution in [0.1, 0.15) is 15.9 Å². The molecule has 4 nitrogen and oxygen atoms in total. The fourth-order valence-electron chi connectivity index (χ4n) is 2.98. The van der Waals surface area contributed by atoms with E-state index in [1.54, 1.807) is 29.4 Å². The molecule has 1 aliphatic rings. The average molecular weight is 383 g/mol. The summed E-state index contributed by atoms with van der Waals surface area (Å²) in [6, 6.07) is 21.4. The molecule has 1 aliphatic heterocycles. The third-order valence-electron chi connectivity index (χ3n) is 4.25. The number of hydrogen-bond donors (Lipinski definition) is 2. The Hall–Kier alpha value is -2.47. The highest BCUT2D eigenvalue weighted by atomic mass is 35.5. The molecule has 1 heterocycles. The number of carbonyl (C=O) groups is 1. The van der Waals surface area contributed by atoms with Gasteiger partial charge < -0.3 is 4.90 Å². The van der Waals surface area contributed by atoms with Crippen LogP contribution in [0.15, 0.2) is 76.5 Å². The number of hydroxylamine groups is 1. The minimum atomic E-state index is -0.520. The number of amides is 1. The van der Waals surface area contributed by atoms with E-state index in [0.717, 1.165) is 21.8 Å². The second-order valence-electron chi connectivity index (χ2n) is 5.91. The van der Waals surface area contributed by atoms with Gasteiger partial charge in [-0.05, 0) is 48.0 Å². The Labute approximate surface area is 160 Å². The second-order valence-corrected chi connectivity index (χ2v) is 7.43. The first-order valence-corrected chi connectivity index (χ1v) is 9.22. The first kappa shape index (κ1) is 17.0. The molecular formula is C20H15ClN2O2S. The molecular weight excluding hydrogens is 368 g/mol. The Morgan fingerprint density at radius 1 is 1.00 bits per heavy atom. The highest BCUT2D eigenvalue weighted by Crippen LogP contribution is 2.49. The fourth-order valence-corrected chi connectivity index (χ4v) is 4.22. The van der Waals surface area contributed by atoms with E-state index in [4.69, 9.17) is 16.8 Å². The third-order valence-corrected chi connectivity index (χ3v) is 5.61. The summed E-state index contributed by atoms with van der Waals surface area (Å²) in [7, 11) is 0. The van der Waals surface area contributed by atoms with E-state index < -0.39 is 5.91 Å². The van der Waals surface area contributed by atoms with Crippen LogP contribution in [-0.2, 0) is 6.54 Å². The van der Waals surface area contributed by atoms with E-state index in [2.05, 4.69) is 17.0 Å². The zero-order chi connectivity index (χ0) is 18.1. The van der Waals surface area contributed by atoms with Crippen molar-refractivity contribution in [2.45, 2.75) is 16.3 Å². The molecule has 0 bridgehead atoms. The molecule has 3 aromatic rings. The van der Waals surface area contributed by atoms with Gasteiger partial charge in [0.1, 0.15) is 0 Å². The number of halogens is 1. The second kappa shape index (κ2) is 7.03. The summed E-state index contributed by atoms with van der Waals surface area (Å²) in [6.07, 6.45) is 0. The molecule has 3 aromatic carbocycles. The van der Waals surface area contributed by atoms with Gasteiger partial charge in [-0.15, -0.1) is 0 Å². The van der Waals surface area contributed by atoms with Gasteiger partial charge >= 0.3 is 0 Å². The van der Waals surface area contributed by atoms with Crippen LogP contribution in [0.4, 0.5) is 11.4 Å². The van der Waals surface area contributed by atoms with Crippen molar-refractivity contribution in [1.82, 2.24) is 5.48 Å². The SMILES string of the molecule is O=C(NO)c1ccc(CN2c3ccccc3Sc3ccc(Cl)cc32)cc1. The van der Waals surface area contributed by atoms with E-state index in [-0.39, 0.29) is 0 Å². The van der Waals surface area contributed by atoms with E-state index in [1.165, 1.54) is 4.90 Å². The topological polar surface area (TPSA) is 52.6 Å². The van der Waals surface area contributed by atoms with E-state index >= 15 is 0 Å². The van der Waals surface area contributed by atoms with Crippen molar-refractivity contribution in [3.63, 3.8) is 0 Å². The number of carbonyl (C=O) groups excluding carboxylic acids is 1. The van der Waals surface area contributed by atoms with E-state index in [9.17, 15) is 4.79 Å². The van der Waals surface area contributed by atoms with Crippen LogP contribution in [0.25, 0.3) is 0 Å². The van der Waals surface area contributed by atoms with Gasteiger partial charge in [-0.25, -0.2) is 5.48 Å². The predicted molar refractivity (Wildman–Crippen MR) is 104 cm³/mol. The predicted octanol–water partition coefficient (Wildman–Crippen LogP) is 5.26. The quantitative estimate of drug-likeness (QED) is 0.479. The maximum atomic E-state index is 11.5. The van der Waals surface area contributed by atoms with Gasteiger partial charge in [0.2, 0.25) is 0 Å². The lowest BCUT2D eigenvalue weighted by atomic mass is 10.1. The molecule has 130 valence electrons. The first-order chi connectivity index (χ1) is 12.7. The monoisotopic (exact) mass is 382 g/mol. The molecule has 2 N–H and O–H groups in total. The summed E-state index contributed by atoms with van der Waals surface area (Å²) >= 11 is 7.97. The Balaban J connectivity index is 1.72. The summed E-state index contributed by atoms with van der Waals surface area (Å²) in [6.45, 7) is 0.645. The lowest BCUT2D eigenvalue weighted by Gasteiger charge is -2.33. The molecule has 4 rings (SSSR count). The molecule has 0 saturated carbocycles. The number of hydrogen-bond acceptors (Lipinski definition) is 4. The molecule has 1 amide bonds. The molecule has 0 unspecified atom stereocenters. The van der Waals surface area contributed by atoms with Gasteiger partial charge in [-0.1, -0.05) is 47.6 Å². The summed E-state index contributed by atoms with van der Waals surface area (Å²) in [5, 5.41) is 9.44. The molecule has 0 fully saturated rings. The highest BCUT2D eigenvalue weighted by molar-refractivity contribution is 7.99. The van der Waals surface area contributed by atoms with Crippen molar-refractivity contribution in [3.8, 4) is 0 Å². The van der Waals surface area contributed by atoms with Crippen LogP contribution in [0.3, 0.4) is 0 Å². The zero-order valence-electron chi connectivity index (χ0n) is 13.6. The Morgan fingerprint density at radius 2 is 1.73 bits per heavy atom. The van der Waals surface area contributed by atoms with Crippen LogP contribution < -0.4 is 10.4 Å². The molecule has 0 aliphatic carbocycles. The summed E-state index contributed by atoms with van der Waals surface area (Å²) in [5.74, 6) is -0.520. The van der Waals surface area contributed by atoms with Crippen LogP contribution in [0.2, 0.25) is 5.02 Å². The smallest absolute Gasteiger partial charge is 0.274 e. The minimum absolute atomic E-state index is 0.411. The number of fused-ring (bicyclic) bond motifs is 2. The largest absolute Gasteiger partial charge is 0.335 e. The van der Waals surface area contributed by atoms with Crippen LogP contribution in [0.5, 0.6) is 0 Å². The summed E-state index contributed by atoms with van der Waals surface area (Å²) < 4.78 is 0. The molecule has 0 saturated heterocycles. The molecule has 26 heavy (non-hydrogen) atoms. The number of benzene rings is 3. The maximum absolute atomic E-state index is 11.5. The minimum Gasteiger partial charge on any atom is -0.335 e. The van der Waals surface area contributed by atoms with Gasteiger partial charge in [-0.2, -0.15) is 0 Å². The maximum Gasteiger partial charge on any atom is 0.274 e. The van der Waals surface area contributed by atoms with Crippen LogP contribution >= 0.6 is 23.4 Å². The molecule has 0 aromatic heterocycles. The van der Waals surface area contributed by atoms with Gasteiger partial charge in [0.05, 0.1) is 11.4 Å². The number of para-hydroxylation sites is 1. The van der Waals surface area contributed by atoms with Gasteiger partial charge in [0.25, 0.3) is 5.91 Å². The van der Waals surface area contributed by atoms with Crippen molar-refractivity contribution in [1.29, 1.82) is 0 Å². The van der Waals surface area contributed by atoms with Crippen molar-refractivity contribution >= 4 is 40.6 Å². The molecule has 0 spiro atoms. The van der Waals surface area contributed by atoms with Crippen molar-refractivity contribution in [2.24, 2.45) is 0 Å². The van der Waals surface area contributed by atoms with Gasteiger partial charge in [0, 0.05) is 26.9 Å². The Bertz CT molecular complexity index is 976. The van der Waals surface area contributed by atoms with Gasteiger partial charge in [-0.3, -0.25) is 10.0 Å². The molecule has 0 radical (unpaired) electrons. The van der Waals surface area contributed by atoms with E-state index in [1.807, 2.05) is 42.5 Å². The molecule has 6 heteroatoms. The first-order valence-electron chi connectivity index (χ1n) is 8.03. The average Bonchev–Trinajstić information content (AvgIpc) is 2.68. The third kappa shape index (κ3) is 3.17. The number of nitrogens with zero attached hydrogens (tertiary/aromatic N) is 1. The Kier molecular flexibility index (Phi) is 4.59. The van der Waals surface area contributed by atoms with Crippen molar-refractivity contribution in [3.05, 3.63) is 82.9 Å². The standard InChI is InChI=1S/C20H15ClN2O2S/c21-15-9-10-19-17(11-15)23(16-3-1-2-4-18(16)26-19)12-13-5-7-14(8-6-13)20(24)22-25/h1-11,25H,12H2,(H,22,24). The lowest BCUT2D eigenvalue weighted by molar-refractivity contribution is 0.0706. The Morgan fingerprint density at radius 3 is 2.50 bits per heavy atom. The van der Waals surface area contributed by atoms with E-state index in [0.29, 0.717) is 17.1 Å². The van der Waals surface area contributed by atoms with Crippen LogP contribution in [-0.4, -0.2) is 11.1 Å².